The number of hydrogen-bond donors (Lipinski definition) is 3. The molecule has 5 nitrogen and oxygen atoms in total. The van der Waals surface area contributed by atoms with Crippen molar-refractivity contribution >= 4 is 11.6 Å². The Morgan fingerprint density at radius 1 is 1.38 bits per heavy atom. The SMILES string of the molecule is NC(=O)NNC1=C(c2ccccn2)CCC1. The third-order valence-corrected chi connectivity index (χ3v) is 2.53. The fraction of sp³-hybridized carbons (Fsp3) is 0.273. The molecular formula is C11H14N4O. The number of carbonyl (C=O) groups excluding carboxylic acids is 1. The topological polar surface area (TPSA) is 80.0 Å². The van der Waals surface area contributed by atoms with Crippen molar-refractivity contribution in [3.8, 4) is 0 Å². The van der Waals surface area contributed by atoms with E-state index in [1.165, 1.54) is 0 Å². The summed E-state index contributed by atoms with van der Waals surface area (Å²) in [6.07, 6.45) is 4.71. The van der Waals surface area contributed by atoms with Crippen molar-refractivity contribution in [3.05, 3.63) is 35.8 Å². The number of carbonyl (C=O) groups is 1. The first-order valence-electron chi connectivity index (χ1n) is 5.22. The number of amides is 2. The first kappa shape index (κ1) is 10.5. The maximum Gasteiger partial charge on any atom is 0.330 e. The summed E-state index contributed by atoms with van der Waals surface area (Å²) in [6.45, 7) is 0. The van der Waals surface area contributed by atoms with Crippen molar-refractivity contribution in [2.24, 2.45) is 5.73 Å². The van der Waals surface area contributed by atoms with Crippen molar-refractivity contribution in [3.63, 3.8) is 0 Å². The molecule has 5 heteroatoms. The van der Waals surface area contributed by atoms with Crippen LogP contribution in [0.5, 0.6) is 0 Å². The predicted octanol–water partition coefficient (Wildman–Crippen LogP) is 1.15. The highest BCUT2D eigenvalue weighted by Gasteiger charge is 2.16. The molecule has 0 saturated heterocycles. The third kappa shape index (κ3) is 2.31. The molecule has 0 spiro atoms. The molecule has 0 aliphatic heterocycles. The Kier molecular flexibility index (Phi) is 3.05. The molecule has 4 N–H and O–H groups in total. The van der Waals surface area contributed by atoms with E-state index in [4.69, 9.17) is 5.73 Å². The zero-order valence-corrected chi connectivity index (χ0v) is 8.86. The zero-order valence-electron chi connectivity index (χ0n) is 8.86. The van der Waals surface area contributed by atoms with Crippen molar-refractivity contribution in [1.82, 2.24) is 15.8 Å². The van der Waals surface area contributed by atoms with E-state index in [0.717, 1.165) is 36.2 Å². The van der Waals surface area contributed by atoms with Gasteiger partial charge in [-0.2, -0.15) is 0 Å². The second kappa shape index (κ2) is 4.65. The summed E-state index contributed by atoms with van der Waals surface area (Å²) in [7, 11) is 0. The second-order valence-corrected chi connectivity index (χ2v) is 3.64. The van der Waals surface area contributed by atoms with E-state index in [9.17, 15) is 4.79 Å². The van der Waals surface area contributed by atoms with Gasteiger partial charge in [0, 0.05) is 11.9 Å². The van der Waals surface area contributed by atoms with Gasteiger partial charge in [0.2, 0.25) is 0 Å². The van der Waals surface area contributed by atoms with E-state index in [1.54, 1.807) is 6.20 Å². The number of hydrogen-bond acceptors (Lipinski definition) is 3. The molecule has 1 aliphatic carbocycles. The smallest absolute Gasteiger partial charge is 0.330 e. The predicted molar refractivity (Wildman–Crippen MR) is 60.9 cm³/mol. The summed E-state index contributed by atoms with van der Waals surface area (Å²) in [5, 5.41) is 0. The monoisotopic (exact) mass is 218 g/mol. The zero-order chi connectivity index (χ0) is 11.4. The lowest BCUT2D eigenvalue weighted by Gasteiger charge is -2.09. The first-order chi connectivity index (χ1) is 7.77. The molecule has 2 rings (SSSR count). The Bertz CT molecular complexity index is 413. The van der Waals surface area contributed by atoms with Gasteiger partial charge in [0.25, 0.3) is 0 Å². The minimum Gasteiger partial charge on any atom is -0.350 e. The van der Waals surface area contributed by atoms with E-state index in [-0.39, 0.29) is 0 Å². The van der Waals surface area contributed by atoms with Crippen LogP contribution in [0.1, 0.15) is 25.0 Å². The molecule has 0 bridgehead atoms. The molecule has 1 aromatic heterocycles. The fourth-order valence-electron chi connectivity index (χ4n) is 1.84. The van der Waals surface area contributed by atoms with Crippen LogP contribution in [-0.2, 0) is 0 Å². The van der Waals surface area contributed by atoms with Crippen LogP contribution in [0.4, 0.5) is 4.79 Å². The Labute approximate surface area is 93.7 Å². The fourth-order valence-corrected chi connectivity index (χ4v) is 1.84. The highest BCUT2D eigenvalue weighted by molar-refractivity contribution is 5.72. The van der Waals surface area contributed by atoms with E-state index in [0.29, 0.717) is 0 Å². The van der Waals surface area contributed by atoms with Crippen LogP contribution in [0.15, 0.2) is 30.1 Å². The third-order valence-electron chi connectivity index (χ3n) is 2.53. The number of allylic oxidation sites excluding steroid dienone is 2. The van der Waals surface area contributed by atoms with Crippen LogP contribution >= 0.6 is 0 Å². The standard InChI is InChI=1S/C11H14N4O/c12-11(16)15-14-10-6-3-4-8(10)9-5-1-2-7-13-9/h1-2,5,7,14H,3-4,6H2,(H3,12,15,16). The molecule has 0 unspecified atom stereocenters. The minimum atomic E-state index is -0.584. The average molecular weight is 218 g/mol. The number of urea groups is 1. The van der Waals surface area contributed by atoms with Crippen LogP contribution in [0.25, 0.3) is 5.57 Å². The normalized spacial score (nSPS) is 15.0. The molecule has 1 aromatic rings. The summed E-state index contributed by atoms with van der Waals surface area (Å²) < 4.78 is 0. The van der Waals surface area contributed by atoms with E-state index >= 15 is 0 Å². The lowest BCUT2D eigenvalue weighted by atomic mass is 10.1. The molecule has 0 fully saturated rings. The molecule has 0 aromatic carbocycles. The Hall–Kier alpha value is -2.04. The number of aromatic nitrogens is 1. The Morgan fingerprint density at radius 3 is 2.94 bits per heavy atom. The highest BCUT2D eigenvalue weighted by Crippen LogP contribution is 2.30. The summed E-state index contributed by atoms with van der Waals surface area (Å²) >= 11 is 0. The molecule has 0 atom stereocenters. The van der Waals surface area contributed by atoms with Gasteiger partial charge in [0.15, 0.2) is 0 Å². The van der Waals surface area contributed by atoms with Gasteiger partial charge in [-0.15, -0.1) is 0 Å². The molecular weight excluding hydrogens is 204 g/mol. The maximum atomic E-state index is 10.6. The quantitative estimate of drug-likeness (QED) is 0.666. The minimum absolute atomic E-state index is 0.584. The van der Waals surface area contributed by atoms with Gasteiger partial charge >= 0.3 is 6.03 Å². The van der Waals surface area contributed by atoms with Crippen LogP contribution in [0.2, 0.25) is 0 Å². The van der Waals surface area contributed by atoms with Gasteiger partial charge in [0.05, 0.1) is 5.69 Å². The number of pyridine rings is 1. The van der Waals surface area contributed by atoms with Gasteiger partial charge in [-0.25, -0.2) is 4.79 Å². The number of nitrogens with one attached hydrogen (secondary N) is 2. The van der Waals surface area contributed by atoms with Gasteiger partial charge in [-0.3, -0.25) is 10.4 Å². The summed E-state index contributed by atoms with van der Waals surface area (Å²) in [5.74, 6) is 0. The molecule has 0 saturated carbocycles. The van der Waals surface area contributed by atoms with Crippen LogP contribution in [0.3, 0.4) is 0 Å². The van der Waals surface area contributed by atoms with Crippen molar-refractivity contribution in [2.75, 3.05) is 0 Å². The largest absolute Gasteiger partial charge is 0.350 e. The van der Waals surface area contributed by atoms with Crippen LogP contribution < -0.4 is 16.6 Å². The van der Waals surface area contributed by atoms with Gasteiger partial charge in [-0.1, -0.05) is 6.07 Å². The lowest BCUT2D eigenvalue weighted by molar-refractivity contribution is 0.246. The Balaban J connectivity index is 2.17. The van der Waals surface area contributed by atoms with Crippen LogP contribution in [0, 0.1) is 0 Å². The molecule has 1 heterocycles. The number of nitrogens with zero attached hydrogens (tertiary/aromatic N) is 1. The summed E-state index contributed by atoms with van der Waals surface area (Å²) in [5.41, 5.74) is 13.3. The molecule has 1 aliphatic rings. The van der Waals surface area contributed by atoms with Gasteiger partial charge in [0.1, 0.15) is 0 Å². The first-order valence-corrected chi connectivity index (χ1v) is 5.22. The number of hydrazine groups is 1. The van der Waals surface area contributed by atoms with E-state index in [2.05, 4.69) is 15.8 Å². The molecule has 84 valence electrons. The Morgan fingerprint density at radius 2 is 2.25 bits per heavy atom. The molecule has 0 radical (unpaired) electrons. The number of primary amides is 1. The van der Waals surface area contributed by atoms with Crippen molar-refractivity contribution in [2.45, 2.75) is 19.3 Å². The highest BCUT2D eigenvalue weighted by atomic mass is 16.2. The number of nitrogens with two attached hydrogens (primary N) is 1. The van der Waals surface area contributed by atoms with Crippen molar-refractivity contribution < 1.29 is 4.79 Å². The lowest BCUT2D eigenvalue weighted by Crippen LogP contribution is -2.40. The van der Waals surface area contributed by atoms with E-state index in [1.807, 2.05) is 18.2 Å². The number of rotatable bonds is 3. The molecule has 16 heavy (non-hydrogen) atoms. The molecule has 2 amide bonds. The van der Waals surface area contributed by atoms with Gasteiger partial charge in [-0.05, 0) is 37.0 Å². The average Bonchev–Trinajstić information content (AvgIpc) is 2.75. The van der Waals surface area contributed by atoms with E-state index < -0.39 is 6.03 Å². The summed E-state index contributed by atoms with van der Waals surface area (Å²) in [6, 6.07) is 5.22. The maximum absolute atomic E-state index is 10.6. The summed E-state index contributed by atoms with van der Waals surface area (Å²) in [4.78, 5) is 14.9. The second-order valence-electron chi connectivity index (χ2n) is 3.64. The van der Waals surface area contributed by atoms with Crippen LogP contribution in [-0.4, -0.2) is 11.0 Å². The van der Waals surface area contributed by atoms with Crippen molar-refractivity contribution in [1.29, 1.82) is 0 Å². The van der Waals surface area contributed by atoms with Gasteiger partial charge < -0.3 is 11.2 Å².